The smallest absolute Gasteiger partial charge is 0.128 e. The number of likely N-dealkylation sites (N-methyl/N-ethyl adjacent to an activating group) is 1. The van der Waals surface area contributed by atoms with Crippen LogP contribution in [0.25, 0.3) is 0 Å². The van der Waals surface area contributed by atoms with Gasteiger partial charge in [0.15, 0.2) is 0 Å². The van der Waals surface area contributed by atoms with Gasteiger partial charge in [0, 0.05) is 12.2 Å². The quantitative estimate of drug-likeness (QED) is 0.872. The SMILES string of the molecule is CNC(c1cc(C)ccc1F)C1OCCC1C. The summed E-state index contributed by atoms with van der Waals surface area (Å²) in [6.07, 6.45) is 1.12. The Labute approximate surface area is 102 Å². The molecule has 0 spiro atoms. The molecule has 17 heavy (non-hydrogen) atoms. The fourth-order valence-corrected chi connectivity index (χ4v) is 2.54. The summed E-state index contributed by atoms with van der Waals surface area (Å²) >= 11 is 0. The van der Waals surface area contributed by atoms with Crippen LogP contribution in [0.15, 0.2) is 18.2 Å². The Hall–Kier alpha value is -0.930. The predicted molar refractivity (Wildman–Crippen MR) is 66.5 cm³/mol. The average Bonchev–Trinajstić information content (AvgIpc) is 2.71. The van der Waals surface area contributed by atoms with E-state index in [1.54, 1.807) is 6.07 Å². The van der Waals surface area contributed by atoms with E-state index in [2.05, 4.69) is 12.2 Å². The first-order chi connectivity index (χ1) is 8.13. The van der Waals surface area contributed by atoms with Gasteiger partial charge in [0.05, 0.1) is 12.1 Å². The molecule has 0 aromatic heterocycles. The zero-order valence-corrected chi connectivity index (χ0v) is 10.7. The Morgan fingerprint density at radius 3 is 2.82 bits per heavy atom. The standard InChI is InChI=1S/C14H20FNO/c1-9-4-5-12(15)11(8-9)13(16-3)14-10(2)6-7-17-14/h4-5,8,10,13-14,16H,6-7H2,1-3H3. The minimum Gasteiger partial charge on any atom is -0.376 e. The minimum absolute atomic E-state index is 0.0626. The molecule has 1 heterocycles. The van der Waals surface area contributed by atoms with Crippen LogP contribution in [0, 0.1) is 18.7 Å². The van der Waals surface area contributed by atoms with Crippen molar-refractivity contribution < 1.29 is 9.13 Å². The van der Waals surface area contributed by atoms with Crippen molar-refractivity contribution in [3.05, 3.63) is 35.1 Å². The van der Waals surface area contributed by atoms with Crippen LogP contribution in [0.5, 0.6) is 0 Å². The van der Waals surface area contributed by atoms with E-state index < -0.39 is 0 Å². The lowest BCUT2D eigenvalue weighted by Crippen LogP contribution is -2.33. The normalized spacial score (nSPS) is 26.1. The molecule has 94 valence electrons. The molecule has 0 bridgehead atoms. The molecule has 1 aromatic rings. The maximum Gasteiger partial charge on any atom is 0.128 e. The summed E-state index contributed by atoms with van der Waals surface area (Å²) in [4.78, 5) is 0. The molecule has 1 N–H and O–H groups in total. The van der Waals surface area contributed by atoms with Crippen LogP contribution < -0.4 is 5.32 Å². The molecule has 0 amide bonds. The van der Waals surface area contributed by atoms with Gasteiger partial charge in [-0.25, -0.2) is 4.39 Å². The molecule has 2 nitrogen and oxygen atoms in total. The molecular formula is C14H20FNO. The monoisotopic (exact) mass is 237 g/mol. The summed E-state index contributed by atoms with van der Waals surface area (Å²) in [5, 5.41) is 3.19. The summed E-state index contributed by atoms with van der Waals surface area (Å²) in [5.74, 6) is 0.310. The van der Waals surface area contributed by atoms with Gasteiger partial charge >= 0.3 is 0 Å². The first-order valence-corrected chi connectivity index (χ1v) is 6.18. The highest BCUT2D eigenvalue weighted by Crippen LogP contribution is 2.32. The van der Waals surface area contributed by atoms with Crippen LogP contribution in [0.4, 0.5) is 4.39 Å². The molecule has 1 fully saturated rings. The molecule has 3 heteroatoms. The van der Waals surface area contributed by atoms with Gasteiger partial charge in [-0.15, -0.1) is 0 Å². The number of ether oxygens (including phenoxy) is 1. The van der Waals surface area contributed by atoms with Gasteiger partial charge in [0.1, 0.15) is 5.82 Å². The Kier molecular flexibility index (Phi) is 3.79. The first-order valence-electron chi connectivity index (χ1n) is 6.18. The van der Waals surface area contributed by atoms with E-state index in [1.165, 1.54) is 6.07 Å². The van der Waals surface area contributed by atoms with Gasteiger partial charge in [-0.1, -0.05) is 24.6 Å². The zero-order valence-electron chi connectivity index (χ0n) is 10.7. The van der Waals surface area contributed by atoms with Gasteiger partial charge in [-0.3, -0.25) is 0 Å². The van der Waals surface area contributed by atoms with Crippen molar-refractivity contribution >= 4 is 0 Å². The number of nitrogens with one attached hydrogen (secondary N) is 1. The van der Waals surface area contributed by atoms with Crippen LogP contribution >= 0.6 is 0 Å². The van der Waals surface area contributed by atoms with E-state index in [0.717, 1.165) is 18.6 Å². The average molecular weight is 237 g/mol. The maximum absolute atomic E-state index is 13.9. The highest BCUT2D eigenvalue weighted by atomic mass is 19.1. The van der Waals surface area contributed by atoms with E-state index in [1.807, 2.05) is 20.0 Å². The summed E-state index contributed by atoms with van der Waals surface area (Å²) in [7, 11) is 1.86. The third kappa shape index (κ3) is 2.50. The van der Waals surface area contributed by atoms with Gasteiger partial charge in [-0.2, -0.15) is 0 Å². The first kappa shape index (κ1) is 12.5. The lowest BCUT2D eigenvalue weighted by molar-refractivity contribution is 0.0620. The minimum atomic E-state index is -0.155. The molecule has 1 saturated heterocycles. The highest BCUT2D eigenvalue weighted by molar-refractivity contribution is 5.28. The second kappa shape index (κ2) is 5.15. The Balaban J connectivity index is 2.31. The molecule has 3 unspecified atom stereocenters. The van der Waals surface area contributed by atoms with Gasteiger partial charge < -0.3 is 10.1 Å². The summed E-state index contributed by atoms with van der Waals surface area (Å²) in [5.41, 5.74) is 1.79. The van der Waals surface area contributed by atoms with Crippen LogP contribution in [0.1, 0.15) is 30.5 Å². The Morgan fingerprint density at radius 1 is 1.47 bits per heavy atom. The number of benzene rings is 1. The van der Waals surface area contributed by atoms with E-state index in [4.69, 9.17) is 4.74 Å². The molecule has 1 aliphatic heterocycles. The number of rotatable bonds is 3. The molecule has 0 saturated carbocycles. The van der Waals surface area contributed by atoms with Gasteiger partial charge in [0.2, 0.25) is 0 Å². The zero-order chi connectivity index (χ0) is 12.4. The lowest BCUT2D eigenvalue weighted by atomic mass is 9.91. The van der Waals surface area contributed by atoms with E-state index in [-0.39, 0.29) is 18.0 Å². The van der Waals surface area contributed by atoms with Crippen molar-refractivity contribution in [2.45, 2.75) is 32.4 Å². The number of halogens is 1. The van der Waals surface area contributed by atoms with Crippen molar-refractivity contribution in [2.24, 2.45) is 5.92 Å². The molecule has 3 atom stereocenters. The summed E-state index contributed by atoms with van der Waals surface area (Å²) in [6, 6.07) is 5.18. The fraction of sp³-hybridized carbons (Fsp3) is 0.571. The maximum atomic E-state index is 13.9. The second-order valence-corrected chi connectivity index (χ2v) is 4.89. The summed E-state index contributed by atoms with van der Waals surface area (Å²) < 4.78 is 19.6. The summed E-state index contributed by atoms with van der Waals surface area (Å²) in [6.45, 7) is 4.92. The van der Waals surface area contributed by atoms with Gasteiger partial charge in [-0.05, 0) is 32.4 Å². The van der Waals surface area contributed by atoms with Crippen LogP contribution in [-0.4, -0.2) is 19.8 Å². The number of aryl methyl sites for hydroxylation is 1. The molecule has 2 rings (SSSR count). The number of hydrogen-bond donors (Lipinski definition) is 1. The van der Waals surface area contributed by atoms with Crippen molar-refractivity contribution in [1.82, 2.24) is 5.32 Å². The van der Waals surface area contributed by atoms with Crippen molar-refractivity contribution in [1.29, 1.82) is 0 Å². The third-order valence-corrected chi connectivity index (χ3v) is 3.57. The molecular weight excluding hydrogens is 217 g/mol. The highest BCUT2D eigenvalue weighted by Gasteiger charge is 2.33. The molecule has 1 aliphatic rings. The van der Waals surface area contributed by atoms with Crippen molar-refractivity contribution in [3.8, 4) is 0 Å². The Bertz CT molecular complexity index is 394. The van der Waals surface area contributed by atoms with E-state index in [9.17, 15) is 4.39 Å². The van der Waals surface area contributed by atoms with E-state index in [0.29, 0.717) is 11.5 Å². The van der Waals surface area contributed by atoms with Crippen LogP contribution in [0.3, 0.4) is 0 Å². The molecule has 0 aliphatic carbocycles. The van der Waals surface area contributed by atoms with Crippen molar-refractivity contribution in [2.75, 3.05) is 13.7 Å². The van der Waals surface area contributed by atoms with E-state index >= 15 is 0 Å². The third-order valence-electron chi connectivity index (χ3n) is 3.57. The van der Waals surface area contributed by atoms with Crippen LogP contribution in [0.2, 0.25) is 0 Å². The topological polar surface area (TPSA) is 21.3 Å². The largest absolute Gasteiger partial charge is 0.376 e. The van der Waals surface area contributed by atoms with Crippen LogP contribution in [-0.2, 0) is 4.74 Å². The predicted octanol–water partition coefficient (Wildman–Crippen LogP) is 2.82. The Morgan fingerprint density at radius 2 is 2.24 bits per heavy atom. The second-order valence-electron chi connectivity index (χ2n) is 4.89. The molecule has 0 radical (unpaired) electrons. The lowest BCUT2D eigenvalue weighted by Gasteiger charge is -2.26. The van der Waals surface area contributed by atoms with Gasteiger partial charge in [0.25, 0.3) is 0 Å². The molecule has 1 aromatic carbocycles. The van der Waals surface area contributed by atoms with Crippen molar-refractivity contribution in [3.63, 3.8) is 0 Å². The number of hydrogen-bond acceptors (Lipinski definition) is 2. The fourth-order valence-electron chi connectivity index (χ4n) is 2.54.